The van der Waals surface area contributed by atoms with Crippen molar-refractivity contribution in [2.24, 2.45) is 10.4 Å². The first kappa shape index (κ1) is 16.0. The van der Waals surface area contributed by atoms with Crippen molar-refractivity contribution in [3.05, 3.63) is 0 Å². The van der Waals surface area contributed by atoms with Gasteiger partial charge in [-0.3, -0.25) is 4.99 Å². The van der Waals surface area contributed by atoms with Crippen molar-refractivity contribution in [2.75, 3.05) is 33.4 Å². The van der Waals surface area contributed by atoms with E-state index in [9.17, 15) is 0 Å². The number of hydrogen-bond donors (Lipinski definition) is 2. The first-order valence-electron chi connectivity index (χ1n) is 6.86. The molecule has 1 heterocycles. The van der Waals surface area contributed by atoms with Gasteiger partial charge in [-0.2, -0.15) is 0 Å². The van der Waals surface area contributed by atoms with Gasteiger partial charge in [0.25, 0.3) is 0 Å². The third-order valence-electron chi connectivity index (χ3n) is 3.89. The second-order valence-electron chi connectivity index (χ2n) is 5.36. The number of guanidine groups is 1. The van der Waals surface area contributed by atoms with Gasteiger partial charge in [0.15, 0.2) is 5.96 Å². The Morgan fingerprint density at radius 3 is 2.67 bits per heavy atom. The molecular formula is C13H26IN3O. The first-order chi connectivity index (χ1) is 8.35. The SMILES string of the molecule is COCC1(CNC2=NCCCN2)CCCCC1.I. The second kappa shape index (κ2) is 8.19. The van der Waals surface area contributed by atoms with Crippen LogP contribution in [-0.4, -0.2) is 39.3 Å². The maximum Gasteiger partial charge on any atom is 0.191 e. The number of hydrogen-bond acceptors (Lipinski definition) is 4. The highest BCUT2D eigenvalue weighted by Crippen LogP contribution is 2.35. The van der Waals surface area contributed by atoms with Crippen molar-refractivity contribution in [3.8, 4) is 0 Å². The predicted molar refractivity (Wildman–Crippen MR) is 85.7 cm³/mol. The van der Waals surface area contributed by atoms with E-state index in [2.05, 4.69) is 15.6 Å². The molecule has 0 bridgehead atoms. The first-order valence-corrected chi connectivity index (χ1v) is 6.86. The van der Waals surface area contributed by atoms with E-state index in [1.807, 2.05) is 7.11 Å². The van der Waals surface area contributed by atoms with Crippen molar-refractivity contribution < 1.29 is 4.74 Å². The van der Waals surface area contributed by atoms with Crippen molar-refractivity contribution in [1.29, 1.82) is 0 Å². The van der Waals surface area contributed by atoms with E-state index in [-0.39, 0.29) is 24.0 Å². The molecule has 0 atom stereocenters. The lowest BCUT2D eigenvalue weighted by Crippen LogP contribution is -2.47. The van der Waals surface area contributed by atoms with Crippen LogP contribution in [0, 0.1) is 5.41 Å². The van der Waals surface area contributed by atoms with Gasteiger partial charge in [0.2, 0.25) is 0 Å². The van der Waals surface area contributed by atoms with Gasteiger partial charge in [-0.1, -0.05) is 19.3 Å². The number of nitrogens with one attached hydrogen (secondary N) is 2. The molecule has 2 aliphatic rings. The van der Waals surface area contributed by atoms with Gasteiger partial charge in [0.05, 0.1) is 6.61 Å². The van der Waals surface area contributed by atoms with Gasteiger partial charge < -0.3 is 15.4 Å². The summed E-state index contributed by atoms with van der Waals surface area (Å²) < 4.78 is 5.42. The molecule has 0 aromatic rings. The molecule has 0 aromatic heterocycles. The summed E-state index contributed by atoms with van der Waals surface area (Å²) in [6.07, 6.45) is 7.76. The average molecular weight is 367 g/mol. The molecule has 1 aliphatic heterocycles. The fourth-order valence-electron chi connectivity index (χ4n) is 2.90. The highest BCUT2D eigenvalue weighted by atomic mass is 127. The smallest absolute Gasteiger partial charge is 0.191 e. The molecule has 2 N–H and O–H groups in total. The molecule has 1 saturated carbocycles. The molecule has 0 amide bonds. The Bertz CT molecular complexity index is 259. The summed E-state index contributed by atoms with van der Waals surface area (Å²) >= 11 is 0. The monoisotopic (exact) mass is 367 g/mol. The molecule has 0 aromatic carbocycles. The predicted octanol–water partition coefficient (Wildman–Crippen LogP) is 2.14. The minimum absolute atomic E-state index is 0. The van der Waals surface area contributed by atoms with Crippen molar-refractivity contribution in [2.45, 2.75) is 38.5 Å². The van der Waals surface area contributed by atoms with Crippen molar-refractivity contribution >= 4 is 29.9 Å². The summed E-state index contributed by atoms with van der Waals surface area (Å²) in [5.41, 5.74) is 0.328. The molecule has 18 heavy (non-hydrogen) atoms. The number of nitrogens with zero attached hydrogens (tertiary/aromatic N) is 1. The van der Waals surface area contributed by atoms with E-state index in [0.29, 0.717) is 5.41 Å². The summed E-state index contributed by atoms with van der Waals surface area (Å²) in [5, 5.41) is 6.79. The fraction of sp³-hybridized carbons (Fsp3) is 0.923. The lowest BCUT2D eigenvalue weighted by molar-refractivity contribution is 0.0516. The van der Waals surface area contributed by atoms with Gasteiger partial charge in [0, 0.05) is 32.2 Å². The molecular weight excluding hydrogens is 341 g/mol. The quantitative estimate of drug-likeness (QED) is 0.749. The van der Waals surface area contributed by atoms with Crippen LogP contribution in [0.15, 0.2) is 4.99 Å². The maximum absolute atomic E-state index is 5.42. The summed E-state index contributed by atoms with van der Waals surface area (Å²) in [6, 6.07) is 0. The highest BCUT2D eigenvalue weighted by molar-refractivity contribution is 14.0. The number of ether oxygens (including phenoxy) is 1. The normalized spacial score (nSPS) is 22.4. The zero-order chi connectivity index (χ0) is 12.0. The Morgan fingerprint density at radius 2 is 2.06 bits per heavy atom. The Morgan fingerprint density at radius 1 is 1.28 bits per heavy atom. The largest absolute Gasteiger partial charge is 0.384 e. The topological polar surface area (TPSA) is 45.6 Å². The zero-order valence-corrected chi connectivity index (χ0v) is 13.7. The number of aliphatic imine (C=N–C) groups is 1. The third-order valence-corrected chi connectivity index (χ3v) is 3.89. The van der Waals surface area contributed by atoms with Crippen LogP contribution in [0.25, 0.3) is 0 Å². The number of halogens is 1. The van der Waals surface area contributed by atoms with E-state index in [1.54, 1.807) is 0 Å². The molecule has 1 fully saturated rings. The van der Waals surface area contributed by atoms with Crippen LogP contribution in [0.4, 0.5) is 0 Å². The Hall–Kier alpha value is -0.0400. The second-order valence-corrected chi connectivity index (χ2v) is 5.36. The van der Waals surface area contributed by atoms with E-state index >= 15 is 0 Å². The molecule has 106 valence electrons. The molecule has 5 heteroatoms. The molecule has 4 nitrogen and oxygen atoms in total. The van der Waals surface area contributed by atoms with Gasteiger partial charge in [-0.05, 0) is 19.3 Å². The van der Waals surface area contributed by atoms with E-state index in [1.165, 1.54) is 32.1 Å². The van der Waals surface area contributed by atoms with Crippen LogP contribution >= 0.6 is 24.0 Å². The highest BCUT2D eigenvalue weighted by Gasteiger charge is 2.32. The van der Waals surface area contributed by atoms with E-state index in [4.69, 9.17) is 4.74 Å². The minimum Gasteiger partial charge on any atom is -0.384 e. The number of rotatable bonds is 4. The standard InChI is InChI=1S/C13H25N3O.HI/c1-17-11-13(6-3-2-4-7-13)10-16-12-14-8-5-9-15-12;/h2-11H2,1H3,(H2,14,15,16);1H. The van der Waals surface area contributed by atoms with Crippen LogP contribution in [0.2, 0.25) is 0 Å². The van der Waals surface area contributed by atoms with Crippen molar-refractivity contribution in [3.63, 3.8) is 0 Å². The number of methoxy groups -OCH3 is 1. The van der Waals surface area contributed by atoms with Gasteiger partial charge >= 0.3 is 0 Å². The summed E-state index contributed by atoms with van der Waals surface area (Å²) in [4.78, 5) is 4.46. The molecule has 0 unspecified atom stereocenters. The molecule has 2 rings (SSSR count). The molecule has 1 aliphatic carbocycles. The lowest BCUT2D eigenvalue weighted by Gasteiger charge is -2.37. The fourth-order valence-corrected chi connectivity index (χ4v) is 2.90. The molecule has 0 radical (unpaired) electrons. The van der Waals surface area contributed by atoms with Crippen LogP contribution in [0.5, 0.6) is 0 Å². The Kier molecular flexibility index (Phi) is 7.29. The Balaban J connectivity index is 0.00000162. The summed E-state index contributed by atoms with van der Waals surface area (Å²) in [6.45, 7) is 3.86. The third kappa shape index (κ3) is 4.57. The van der Waals surface area contributed by atoms with Crippen LogP contribution in [0.3, 0.4) is 0 Å². The minimum atomic E-state index is 0. The Labute approximate surface area is 127 Å². The van der Waals surface area contributed by atoms with Crippen LogP contribution < -0.4 is 10.6 Å². The average Bonchev–Trinajstić information content (AvgIpc) is 2.39. The summed E-state index contributed by atoms with van der Waals surface area (Å²) in [5.74, 6) is 0.984. The van der Waals surface area contributed by atoms with E-state index < -0.39 is 0 Å². The van der Waals surface area contributed by atoms with Crippen molar-refractivity contribution in [1.82, 2.24) is 10.6 Å². The van der Waals surface area contributed by atoms with Crippen LogP contribution in [-0.2, 0) is 4.74 Å². The molecule has 0 spiro atoms. The van der Waals surface area contributed by atoms with Gasteiger partial charge in [-0.15, -0.1) is 24.0 Å². The van der Waals surface area contributed by atoms with E-state index in [0.717, 1.165) is 38.6 Å². The molecule has 0 saturated heterocycles. The summed E-state index contributed by atoms with van der Waals surface area (Å²) in [7, 11) is 1.81. The maximum atomic E-state index is 5.42. The van der Waals surface area contributed by atoms with Crippen LogP contribution in [0.1, 0.15) is 38.5 Å². The van der Waals surface area contributed by atoms with Gasteiger partial charge in [-0.25, -0.2) is 0 Å². The zero-order valence-electron chi connectivity index (χ0n) is 11.3. The lowest BCUT2D eigenvalue weighted by atomic mass is 9.74. The van der Waals surface area contributed by atoms with Gasteiger partial charge in [0.1, 0.15) is 0 Å².